The lowest BCUT2D eigenvalue weighted by Crippen LogP contribution is -2.18. The van der Waals surface area contributed by atoms with Crippen LogP contribution < -0.4 is 10.1 Å². The first-order valence-electron chi connectivity index (χ1n) is 7.08. The van der Waals surface area contributed by atoms with E-state index in [-0.39, 0.29) is 6.61 Å². The van der Waals surface area contributed by atoms with Crippen molar-refractivity contribution >= 4 is 0 Å². The molecule has 2 aromatic rings. The van der Waals surface area contributed by atoms with E-state index in [0.717, 1.165) is 12.3 Å². The number of nitrogens with zero attached hydrogens (tertiary/aromatic N) is 1. The molecule has 0 heterocycles. The van der Waals surface area contributed by atoms with Gasteiger partial charge in [0.1, 0.15) is 11.8 Å². The zero-order chi connectivity index (χ0) is 15.1. The SMILES string of the molecule is Cc1ccccc1[C@@H](C)NCc1ccc(OCC#N)cc1. The van der Waals surface area contributed by atoms with E-state index in [1.54, 1.807) is 0 Å². The highest BCUT2D eigenvalue weighted by molar-refractivity contribution is 5.29. The van der Waals surface area contributed by atoms with Crippen molar-refractivity contribution in [2.24, 2.45) is 0 Å². The van der Waals surface area contributed by atoms with E-state index in [1.807, 2.05) is 30.3 Å². The Balaban J connectivity index is 1.91. The molecule has 108 valence electrons. The minimum absolute atomic E-state index is 0.0852. The third-order valence-electron chi connectivity index (χ3n) is 3.49. The Labute approximate surface area is 126 Å². The molecule has 0 aliphatic heterocycles. The van der Waals surface area contributed by atoms with Crippen molar-refractivity contribution in [3.63, 3.8) is 0 Å². The summed E-state index contributed by atoms with van der Waals surface area (Å²) in [7, 11) is 0. The predicted molar refractivity (Wildman–Crippen MR) is 84.0 cm³/mol. The number of nitriles is 1. The van der Waals surface area contributed by atoms with Crippen LogP contribution in [0.15, 0.2) is 48.5 Å². The normalized spacial score (nSPS) is 11.7. The second kappa shape index (κ2) is 7.47. The zero-order valence-electron chi connectivity index (χ0n) is 12.5. The number of ether oxygens (including phenoxy) is 1. The van der Waals surface area contributed by atoms with Crippen molar-refractivity contribution in [2.75, 3.05) is 6.61 Å². The molecule has 1 N–H and O–H groups in total. The summed E-state index contributed by atoms with van der Waals surface area (Å²) < 4.78 is 5.24. The van der Waals surface area contributed by atoms with E-state index in [9.17, 15) is 0 Å². The van der Waals surface area contributed by atoms with Crippen LogP contribution in [0.1, 0.15) is 29.7 Å². The van der Waals surface area contributed by atoms with Gasteiger partial charge in [-0.25, -0.2) is 0 Å². The standard InChI is InChI=1S/C18H20N2O/c1-14-5-3-4-6-18(14)15(2)20-13-16-7-9-17(10-8-16)21-12-11-19/h3-10,15,20H,12-13H2,1-2H3/t15-/m1/s1. The Morgan fingerprint density at radius 2 is 1.86 bits per heavy atom. The number of nitrogens with one attached hydrogen (secondary N) is 1. The van der Waals surface area contributed by atoms with E-state index in [2.05, 4.69) is 43.4 Å². The summed E-state index contributed by atoms with van der Waals surface area (Å²) in [5, 5.41) is 12.0. The molecule has 0 aliphatic carbocycles. The molecule has 2 aromatic carbocycles. The van der Waals surface area contributed by atoms with Crippen molar-refractivity contribution < 1.29 is 4.74 Å². The number of rotatable bonds is 6. The van der Waals surface area contributed by atoms with Crippen molar-refractivity contribution in [1.29, 1.82) is 5.26 Å². The lowest BCUT2D eigenvalue weighted by atomic mass is 10.0. The second-order valence-electron chi connectivity index (χ2n) is 5.05. The highest BCUT2D eigenvalue weighted by atomic mass is 16.5. The Kier molecular flexibility index (Phi) is 5.36. The van der Waals surface area contributed by atoms with Crippen LogP contribution in [0.3, 0.4) is 0 Å². The molecule has 0 spiro atoms. The van der Waals surface area contributed by atoms with Gasteiger partial charge in [0, 0.05) is 12.6 Å². The molecule has 2 rings (SSSR count). The van der Waals surface area contributed by atoms with Crippen molar-refractivity contribution in [2.45, 2.75) is 26.4 Å². The molecule has 21 heavy (non-hydrogen) atoms. The summed E-state index contributed by atoms with van der Waals surface area (Å²) in [6, 6.07) is 18.5. The van der Waals surface area contributed by atoms with Crippen LogP contribution in [0.5, 0.6) is 5.75 Å². The summed E-state index contributed by atoms with van der Waals surface area (Å²) >= 11 is 0. The molecule has 0 amide bonds. The lowest BCUT2D eigenvalue weighted by molar-refractivity contribution is 0.368. The van der Waals surface area contributed by atoms with Gasteiger partial charge in [-0.05, 0) is 42.7 Å². The Morgan fingerprint density at radius 1 is 1.14 bits per heavy atom. The van der Waals surface area contributed by atoms with Crippen LogP contribution in [-0.4, -0.2) is 6.61 Å². The molecule has 0 aromatic heterocycles. The molecule has 0 radical (unpaired) electrons. The predicted octanol–water partition coefficient (Wildman–Crippen LogP) is 3.75. The van der Waals surface area contributed by atoms with Gasteiger partial charge >= 0.3 is 0 Å². The van der Waals surface area contributed by atoms with E-state index in [1.165, 1.54) is 16.7 Å². The maximum absolute atomic E-state index is 8.47. The van der Waals surface area contributed by atoms with Gasteiger partial charge in [0.25, 0.3) is 0 Å². The van der Waals surface area contributed by atoms with E-state index in [0.29, 0.717) is 6.04 Å². The average Bonchev–Trinajstić information content (AvgIpc) is 2.52. The smallest absolute Gasteiger partial charge is 0.174 e. The summed E-state index contributed by atoms with van der Waals surface area (Å²) in [5.41, 5.74) is 3.82. The van der Waals surface area contributed by atoms with Crippen molar-refractivity contribution in [1.82, 2.24) is 5.32 Å². The van der Waals surface area contributed by atoms with Gasteiger partial charge in [-0.2, -0.15) is 5.26 Å². The van der Waals surface area contributed by atoms with Gasteiger partial charge < -0.3 is 10.1 Å². The van der Waals surface area contributed by atoms with Crippen LogP contribution in [0, 0.1) is 18.3 Å². The van der Waals surface area contributed by atoms with Crippen LogP contribution in [0.4, 0.5) is 0 Å². The molecule has 1 atom stereocenters. The van der Waals surface area contributed by atoms with Crippen LogP contribution in [0.25, 0.3) is 0 Å². The number of hydrogen-bond acceptors (Lipinski definition) is 3. The van der Waals surface area contributed by atoms with Crippen molar-refractivity contribution in [3.05, 3.63) is 65.2 Å². The van der Waals surface area contributed by atoms with Gasteiger partial charge in [0.05, 0.1) is 0 Å². The van der Waals surface area contributed by atoms with Gasteiger partial charge in [0.15, 0.2) is 6.61 Å². The van der Waals surface area contributed by atoms with Crippen LogP contribution >= 0.6 is 0 Å². The van der Waals surface area contributed by atoms with Gasteiger partial charge in [-0.3, -0.25) is 0 Å². The molecule has 0 saturated heterocycles. The average molecular weight is 280 g/mol. The molecular formula is C18H20N2O. The van der Waals surface area contributed by atoms with Gasteiger partial charge in [-0.1, -0.05) is 36.4 Å². The Morgan fingerprint density at radius 3 is 2.52 bits per heavy atom. The Bertz CT molecular complexity index is 614. The molecule has 0 aliphatic rings. The maximum Gasteiger partial charge on any atom is 0.174 e. The van der Waals surface area contributed by atoms with E-state index < -0.39 is 0 Å². The maximum atomic E-state index is 8.47. The summed E-state index contributed by atoms with van der Waals surface area (Å²) in [6.07, 6.45) is 0. The minimum atomic E-state index is 0.0852. The third-order valence-corrected chi connectivity index (χ3v) is 3.49. The highest BCUT2D eigenvalue weighted by Gasteiger charge is 2.07. The summed E-state index contributed by atoms with van der Waals surface area (Å²) in [5.74, 6) is 0.729. The topological polar surface area (TPSA) is 45.0 Å². The van der Waals surface area contributed by atoms with Gasteiger partial charge in [-0.15, -0.1) is 0 Å². The first-order chi connectivity index (χ1) is 10.2. The van der Waals surface area contributed by atoms with Gasteiger partial charge in [0.2, 0.25) is 0 Å². The fraction of sp³-hybridized carbons (Fsp3) is 0.278. The number of aryl methyl sites for hydroxylation is 1. The number of hydrogen-bond donors (Lipinski definition) is 1. The molecule has 3 heteroatoms. The fourth-order valence-corrected chi connectivity index (χ4v) is 2.27. The minimum Gasteiger partial charge on any atom is -0.479 e. The molecular weight excluding hydrogens is 260 g/mol. The molecule has 0 saturated carbocycles. The first kappa shape index (κ1) is 15.1. The van der Waals surface area contributed by atoms with E-state index in [4.69, 9.17) is 10.00 Å². The van der Waals surface area contributed by atoms with Crippen LogP contribution in [0.2, 0.25) is 0 Å². The molecule has 0 bridgehead atoms. The van der Waals surface area contributed by atoms with Crippen molar-refractivity contribution in [3.8, 4) is 11.8 Å². The number of benzene rings is 2. The third kappa shape index (κ3) is 4.34. The zero-order valence-corrected chi connectivity index (χ0v) is 12.5. The Hall–Kier alpha value is -2.31. The molecule has 3 nitrogen and oxygen atoms in total. The highest BCUT2D eigenvalue weighted by Crippen LogP contribution is 2.18. The lowest BCUT2D eigenvalue weighted by Gasteiger charge is -2.16. The molecule has 0 unspecified atom stereocenters. The largest absolute Gasteiger partial charge is 0.479 e. The monoisotopic (exact) mass is 280 g/mol. The fourth-order valence-electron chi connectivity index (χ4n) is 2.27. The second-order valence-corrected chi connectivity index (χ2v) is 5.05. The molecule has 0 fully saturated rings. The summed E-state index contributed by atoms with van der Waals surface area (Å²) in [4.78, 5) is 0. The quantitative estimate of drug-likeness (QED) is 0.876. The van der Waals surface area contributed by atoms with Crippen LogP contribution in [-0.2, 0) is 6.54 Å². The van der Waals surface area contributed by atoms with E-state index >= 15 is 0 Å². The summed E-state index contributed by atoms with van der Waals surface area (Å²) in [6.45, 7) is 5.19. The first-order valence-corrected chi connectivity index (χ1v) is 7.08.